The molecule has 0 fully saturated rings. The van der Waals surface area contributed by atoms with Gasteiger partial charge in [-0.1, -0.05) is 139 Å². The van der Waals surface area contributed by atoms with Crippen LogP contribution >= 0.6 is 0 Å². The normalized spacial score (nSPS) is 11.6. The summed E-state index contributed by atoms with van der Waals surface area (Å²) in [7, 11) is 0. The van der Waals surface area contributed by atoms with Crippen molar-refractivity contribution in [3.05, 3.63) is 199 Å². The summed E-state index contributed by atoms with van der Waals surface area (Å²) in [4.78, 5) is 15.6. The van der Waals surface area contributed by atoms with Crippen LogP contribution in [0.4, 0.5) is 0 Å². The number of fused-ring (bicyclic) bond motifs is 6. The summed E-state index contributed by atoms with van der Waals surface area (Å²) in [5.74, 6) is 1.87. The van der Waals surface area contributed by atoms with Gasteiger partial charge in [0.05, 0.1) is 27.8 Å². The van der Waals surface area contributed by atoms with Crippen molar-refractivity contribution in [2.24, 2.45) is 0 Å². The molecule has 0 atom stereocenters. The van der Waals surface area contributed by atoms with Crippen molar-refractivity contribution >= 4 is 43.6 Å². The fourth-order valence-corrected chi connectivity index (χ4v) is 8.53. The first-order valence-corrected chi connectivity index (χ1v) is 19.7. The van der Waals surface area contributed by atoms with Crippen molar-refractivity contribution in [3.63, 3.8) is 0 Å². The summed E-state index contributed by atoms with van der Waals surface area (Å²) in [5.41, 5.74) is 14.1. The Kier molecular flexibility index (Phi) is 7.86. The van der Waals surface area contributed by atoms with E-state index in [0.717, 1.165) is 55.7 Å². The second-order valence-electron chi connectivity index (χ2n) is 15.1. The molecule has 0 amide bonds. The van der Waals surface area contributed by atoms with Crippen molar-refractivity contribution in [2.45, 2.75) is 13.8 Å². The maximum atomic E-state index is 5.29. The highest BCUT2D eigenvalue weighted by Crippen LogP contribution is 2.40. The minimum atomic E-state index is 0.609. The topological polar surface area (TPSA) is 48.5 Å². The molecule has 0 saturated heterocycles. The van der Waals surface area contributed by atoms with E-state index in [0.29, 0.717) is 17.5 Å². The quantitative estimate of drug-likeness (QED) is 0.170. The fraction of sp³-hybridized carbons (Fsp3) is 0.0377. The molecule has 3 heterocycles. The molecule has 0 unspecified atom stereocenters. The van der Waals surface area contributed by atoms with E-state index in [1.54, 1.807) is 0 Å². The van der Waals surface area contributed by atoms with Crippen LogP contribution in [0.25, 0.3) is 100 Å². The van der Waals surface area contributed by atoms with Crippen molar-refractivity contribution in [1.29, 1.82) is 0 Å². The van der Waals surface area contributed by atoms with E-state index < -0.39 is 0 Å². The molecule has 5 nitrogen and oxygen atoms in total. The third kappa shape index (κ3) is 5.59. The maximum Gasteiger partial charge on any atom is 0.166 e. The zero-order valence-electron chi connectivity index (χ0n) is 32.1. The van der Waals surface area contributed by atoms with Gasteiger partial charge in [-0.3, -0.25) is 0 Å². The predicted molar refractivity (Wildman–Crippen MR) is 240 cm³/mol. The van der Waals surface area contributed by atoms with Crippen LogP contribution in [0.5, 0.6) is 0 Å². The Morgan fingerprint density at radius 1 is 0.328 bits per heavy atom. The highest BCUT2D eigenvalue weighted by atomic mass is 15.1. The van der Waals surface area contributed by atoms with Crippen LogP contribution in [0.2, 0.25) is 0 Å². The van der Waals surface area contributed by atoms with Gasteiger partial charge in [0, 0.05) is 43.9 Å². The smallest absolute Gasteiger partial charge is 0.166 e. The number of hydrogen-bond acceptors (Lipinski definition) is 3. The Morgan fingerprint density at radius 3 is 1.47 bits per heavy atom. The molecule has 11 rings (SSSR count). The van der Waals surface area contributed by atoms with Gasteiger partial charge in [0.1, 0.15) is 0 Å². The van der Waals surface area contributed by atoms with Gasteiger partial charge in [-0.05, 0) is 85.6 Å². The number of rotatable bonds is 6. The summed E-state index contributed by atoms with van der Waals surface area (Å²) < 4.78 is 4.75. The van der Waals surface area contributed by atoms with Gasteiger partial charge >= 0.3 is 0 Å². The largest absolute Gasteiger partial charge is 0.309 e. The van der Waals surface area contributed by atoms with Gasteiger partial charge in [0.15, 0.2) is 17.5 Å². The fourth-order valence-electron chi connectivity index (χ4n) is 8.53. The highest BCUT2D eigenvalue weighted by Gasteiger charge is 2.21. The van der Waals surface area contributed by atoms with E-state index in [4.69, 9.17) is 15.0 Å². The van der Waals surface area contributed by atoms with E-state index in [-0.39, 0.29) is 0 Å². The van der Waals surface area contributed by atoms with E-state index in [9.17, 15) is 0 Å². The third-order valence-corrected chi connectivity index (χ3v) is 11.3. The van der Waals surface area contributed by atoms with Crippen LogP contribution in [0, 0.1) is 13.8 Å². The lowest BCUT2D eigenvalue weighted by Crippen LogP contribution is -2.04. The number of para-hydroxylation sites is 2. The van der Waals surface area contributed by atoms with Crippen molar-refractivity contribution in [2.75, 3.05) is 0 Å². The molecular formula is C53H37N5. The van der Waals surface area contributed by atoms with E-state index in [1.807, 2.05) is 36.4 Å². The SMILES string of the molecule is Cc1ccc2c(c1)c1cc(C)ccc1n2-c1ccc(-c2ccc3c4ccccc4n(-c4ccccc4)c3c2)cc1-c1nc(-c2ccccc2)nc(-c2ccccc2)n1. The van der Waals surface area contributed by atoms with Crippen molar-refractivity contribution < 1.29 is 0 Å². The van der Waals surface area contributed by atoms with Gasteiger partial charge in [-0.2, -0.15) is 0 Å². The molecule has 11 aromatic rings. The minimum absolute atomic E-state index is 0.609. The molecule has 0 spiro atoms. The maximum absolute atomic E-state index is 5.29. The van der Waals surface area contributed by atoms with Gasteiger partial charge in [-0.15, -0.1) is 0 Å². The average molecular weight is 744 g/mol. The number of benzene rings is 8. The van der Waals surface area contributed by atoms with Crippen LogP contribution < -0.4 is 0 Å². The third-order valence-electron chi connectivity index (χ3n) is 11.3. The Bertz CT molecular complexity index is 3230. The van der Waals surface area contributed by atoms with Gasteiger partial charge < -0.3 is 9.13 Å². The number of nitrogens with zero attached hydrogens (tertiary/aromatic N) is 5. The first-order valence-electron chi connectivity index (χ1n) is 19.7. The summed E-state index contributed by atoms with van der Waals surface area (Å²) in [6.07, 6.45) is 0. The lowest BCUT2D eigenvalue weighted by molar-refractivity contribution is 1.06. The Hall–Kier alpha value is -7.63. The zero-order chi connectivity index (χ0) is 38.7. The van der Waals surface area contributed by atoms with Crippen LogP contribution in [0.3, 0.4) is 0 Å². The lowest BCUT2D eigenvalue weighted by Gasteiger charge is -2.17. The van der Waals surface area contributed by atoms with Gasteiger partial charge in [-0.25, -0.2) is 15.0 Å². The summed E-state index contributed by atoms with van der Waals surface area (Å²) in [6, 6.07) is 66.7. The standard InChI is InChI=1S/C53H37N5/c1-34-22-27-47-43(30-34)44-31-35(2)23-28-48(44)58(47)49-29-25-38(39-24-26-42-41-20-12-13-21-46(41)57(50(42)33-39)40-18-10-5-11-19-40)32-45(49)53-55-51(36-14-6-3-7-15-36)54-52(56-53)37-16-8-4-9-17-37/h3-33H,1-2H3. The Balaban J connectivity index is 1.21. The van der Waals surface area contributed by atoms with Crippen LogP contribution in [-0.4, -0.2) is 24.1 Å². The monoisotopic (exact) mass is 743 g/mol. The minimum Gasteiger partial charge on any atom is -0.309 e. The predicted octanol–water partition coefficient (Wildman–Crippen LogP) is 13.4. The highest BCUT2D eigenvalue weighted by molar-refractivity contribution is 6.11. The molecule has 0 aliphatic rings. The Morgan fingerprint density at radius 2 is 0.828 bits per heavy atom. The summed E-state index contributed by atoms with van der Waals surface area (Å²) in [6.45, 7) is 4.32. The van der Waals surface area contributed by atoms with E-state index in [1.165, 1.54) is 38.2 Å². The lowest BCUT2D eigenvalue weighted by atomic mass is 9.99. The molecule has 0 aliphatic carbocycles. The van der Waals surface area contributed by atoms with E-state index in [2.05, 4.69) is 175 Å². The number of hydrogen-bond donors (Lipinski definition) is 0. The van der Waals surface area contributed by atoms with Crippen molar-refractivity contribution in [1.82, 2.24) is 24.1 Å². The number of aromatic nitrogens is 5. The molecule has 274 valence electrons. The zero-order valence-corrected chi connectivity index (χ0v) is 32.1. The Labute approximate surface area is 336 Å². The van der Waals surface area contributed by atoms with Gasteiger partial charge in [0.25, 0.3) is 0 Å². The molecule has 58 heavy (non-hydrogen) atoms. The first-order chi connectivity index (χ1) is 28.6. The molecule has 3 aromatic heterocycles. The molecule has 0 saturated carbocycles. The van der Waals surface area contributed by atoms with Crippen LogP contribution in [-0.2, 0) is 0 Å². The molecular weight excluding hydrogens is 707 g/mol. The molecule has 5 heteroatoms. The van der Waals surface area contributed by atoms with Crippen molar-refractivity contribution in [3.8, 4) is 56.7 Å². The van der Waals surface area contributed by atoms with Gasteiger partial charge in [0.2, 0.25) is 0 Å². The summed E-state index contributed by atoms with van der Waals surface area (Å²) in [5, 5.41) is 4.89. The molecule has 0 aliphatic heterocycles. The molecule has 0 radical (unpaired) electrons. The second kappa shape index (κ2) is 13.5. The number of aryl methyl sites for hydroxylation is 2. The van der Waals surface area contributed by atoms with Crippen LogP contribution in [0.15, 0.2) is 188 Å². The molecule has 0 bridgehead atoms. The summed E-state index contributed by atoms with van der Waals surface area (Å²) >= 11 is 0. The van der Waals surface area contributed by atoms with Crippen LogP contribution in [0.1, 0.15) is 11.1 Å². The first kappa shape index (κ1) is 33.7. The molecule has 0 N–H and O–H groups in total. The average Bonchev–Trinajstić information content (AvgIpc) is 3.78. The van der Waals surface area contributed by atoms with E-state index >= 15 is 0 Å². The molecule has 8 aromatic carbocycles. The second-order valence-corrected chi connectivity index (χ2v) is 15.1.